The molecule has 2 N–H and O–H groups in total. The second-order valence-corrected chi connectivity index (χ2v) is 19.1. The van der Waals surface area contributed by atoms with Gasteiger partial charge in [0.05, 0.1) is 25.3 Å². The monoisotopic (exact) mass is 958 g/mol. The van der Waals surface area contributed by atoms with Crippen molar-refractivity contribution in [2.75, 3.05) is 27.3 Å². The van der Waals surface area contributed by atoms with E-state index in [1.54, 1.807) is 0 Å². The molecular weight excluding hydrogens is 893 g/mol. The van der Waals surface area contributed by atoms with E-state index in [-0.39, 0.29) is 48.1 Å². The number of methoxy groups -OCH3 is 2. The molecule has 2 aliphatic rings. The van der Waals surface area contributed by atoms with Gasteiger partial charge in [0.15, 0.2) is 0 Å². The van der Waals surface area contributed by atoms with Crippen LogP contribution in [0.1, 0.15) is 130 Å². The average molecular weight is 959 g/mol. The van der Waals surface area contributed by atoms with Crippen molar-refractivity contribution < 1.29 is 28.5 Å². The first-order chi connectivity index (χ1) is 35.2. The van der Waals surface area contributed by atoms with Crippen LogP contribution in [0, 0.1) is 0 Å². The normalized spacial score (nSPS) is 17.8. The Bertz CT molecular complexity index is 2960. The fraction of sp³-hybridized carbons (Fsp3) is 0.281. The van der Waals surface area contributed by atoms with E-state index >= 15 is 0 Å². The molecule has 10 rings (SSSR count). The molecule has 8 aromatic carbocycles. The second kappa shape index (κ2) is 22.9. The number of ether oxygens (including phenoxy) is 4. The molecule has 0 amide bonds. The Morgan fingerprint density at radius 3 is 1.32 bits per heavy atom. The zero-order valence-electron chi connectivity index (χ0n) is 42.3. The van der Waals surface area contributed by atoms with Crippen molar-refractivity contribution in [2.45, 2.75) is 89.5 Å². The van der Waals surface area contributed by atoms with Crippen LogP contribution in [0.3, 0.4) is 0 Å². The number of carbonyl (C=O) groups is 2. The van der Waals surface area contributed by atoms with Crippen molar-refractivity contribution in [3.63, 3.8) is 0 Å². The number of hydrogen-bond acceptors (Lipinski definition) is 8. The first-order valence-corrected chi connectivity index (χ1v) is 25.5. The SMILES string of the molecule is CCc1ccc([C@@H]2C[C@H](CN[C@H](C)c3cccc4ccccc34)Oc3ccccc32)cc1C(=O)OC.CCc1ccc([C@H]2C[C@H](CN[C@H](C)c3cccc4ccccc34)Oc3ccccc32)cc1C(=O)OC. The third kappa shape index (κ3) is 10.8. The number of benzene rings is 8. The molecule has 8 heteroatoms. The predicted octanol–water partition coefficient (Wildman–Crippen LogP) is 13.6. The number of hydrogen-bond donors (Lipinski definition) is 2. The molecule has 0 saturated carbocycles. The van der Waals surface area contributed by atoms with Crippen LogP contribution in [0.2, 0.25) is 0 Å². The third-order valence-corrected chi connectivity index (χ3v) is 14.7. The molecule has 0 radical (unpaired) electrons. The summed E-state index contributed by atoms with van der Waals surface area (Å²) in [6, 6.07) is 59.3. The maximum Gasteiger partial charge on any atom is 0.338 e. The molecule has 0 saturated heterocycles. The van der Waals surface area contributed by atoms with E-state index in [0.29, 0.717) is 11.1 Å². The van der Waals surface area contributed by atoms with E-state index in [0.717, 1.165) is 83.7 Å². The molecule has 0 unspecified atom stereocenters. The summed E-state index contributed by atoms with van der Waals surface area (Å²) in [5.41, 5.74) is 10.5. The Morgan fingerprint density at radius 1 is 0.514 bits per heavy atom. The number of esters is 2. The van der Waals surface area contributed by atoms with Crippen molar-refractivity contribution >= 4 is 33.5 Å². The summed E-state index contributed by atoms with van der Waals surface area (Å²) >= 11 is 0. The molecule has 0 fully saturated rings. The van der Waals surface area contributed by atoms with Gasteiger partial charge in [0, 0.05) is 48.1 Å². The van der Waals surface area contributed by atoms with Crippen LogP contribution in [0.4, 0.5) is 0 Å². The molecular formula is C64H66N2O6. The summed E-state index contributed by atoms with van der Waals surface area (Å²) < 4.78 is 23.0. The predicted molar refractivity (Wildman–Crippen MR) is 290 cm³/mol. The molecule has 72 heavy (non-hydrogen) atoms. The van der Waals surface area contributed by atoms with Crippen molar-refractivity contribution in [1.29, 1.82) is 0 Å². The Labute approximate surface area is 424 Å². The molecule has 2 aliphatic heterocycles. The summed E-state index contributed by atoms with van der Waals surface area (Å²) in [4.78, 5) is 25.0. The van der Waals surface area contributed by atoms with Gasteiger partial charge in [-0.3, -0.25) is 0 Å². The zero-order chi connectivity index (χ0) is 50.1. The molecule has 0 aromatic heterocycles. The maximum absolute atomic E-state index is 12.5. The summed E-state index contributed by atoms with van der Waals surface area (Å²) in [5, 5.41) is 12.5. The number of rotatable bonds is 14. The highest BCUT2D eigenvalue weighted by Crippen LogP contribution is 2.43. The molecule has 0 bridgehead atoms. The summed E-state index contributed by atoms with van der Waals surface area (Å²) in [6.07, 6.45) is 3.25. The van der Waals surface area contributed by atoms with Crippen LogP contribution in [0.5, 0.6) is 11.5 Å². The van der Waals surface area contributed by atoms with Gasteiger partial charge < -0.3 is 29.6 Å². The maximum atomic E-state index is 12.5. The lowest BCUT2D eigenvalue weighted by Crippen LogP contribution is -2.37. The number of fused-ring (bicyclic) bond motifs is 4. The van der Waals surface area contributed by atoms with Gasteiger partial charge in [-0.05, 0) is 119 Å². The fourth-order valence-corrected chi connectivity index (χ4v) is 10.8. The smallest absolute Gasteiger partial charge is 0.338 e. The molecule has 0 aliphatic carbocycles. The number of aryl methyl sites for hydroxylation is 2. The first-order valence-electron chi connectivity index (χ1n) is 25.5. The third-order valence-electron chi connectivity index (χ3n) is 14.7. The van der Waals surface area contributed by atoms with Crippen molar-refractivity contribution in [1.82, 2.24) is 10.6 Å². The van der Waals surface area contributed by atoms with E-state index in [1.807, 2.05) is 36.4 Å². The van der Waals surface area contributed by atoms with Crippen molar-refractivity contribution in [3.05, 3.63) is 225 Å². The summed E-state index contributed by atoms with van der Waals surface area (Å²) in [5.74, 6) is 1.55. The van der Waals surface area contributed by atoms with Crippen LogP contribution in [0.15, 0.2) is 170 Å². The van der Waals surface area contributed by atoms with E-state index in [9.17, 15) is 9.59 Å². The van der Waals surface area contributed by atoms with Crippen LogP contribution in [0.25, 0.3) is 21.5 Å². The first kappa shape index (κ1) is 49.7. The quantitative estimate of drug-likeness (QED) is 0.104. The topological polar surface area (TPSA) is 95.1 Å². The van der Waals surface area contributed by atoms with E-state index in [1.165, 1.54) is 46.9 Å². The standard InChI is InChI=1S/2C32H33NO3/c2*1-4-22-16-17-24(18-30(22)32(34)35-3)29-19-25(36-31-15-8-7-13-28(29)31)20-33-21(2)26-14-9-11-23-10-5-6-12-27(23)26/h2*5-18,21,25,29,33H,4,19-20H2,1-3H3/t21-,25-,29+;21-,25-,29-/m11/s1. The lowest BCUT2D eigenvalue weighted by molar-refractivity contribution is 0.0590. The van der Waals surface area contributed by atoms with Crippen LogP contribution in [-0.4, -0.2) is 51.5 Å². The Kier molecular flexibility index (Phi) is 15.8. The molecule has 8 nitrogen and oxygen atoms in total. The van der Waals surface area contributed by atoms with Crippen LogP contribution in [-0.2, 0) is 22.3 Å². The number of nitrogens with one attached hydrogen (secondary N) is 2. The molecule has 8 aromatic rings. The fourth-order valence-electron chi connectivity index (χ4n) is 10.8. The van der Waals surface area contributed by atoms with Crippen LogP contribution < -0.4 is 20.1 Å². The van der Waals surface area contributed by atoms with Crippen molar-refractivity contribution in [2.24, 2.45) is 0 Å². The number of carbonyl (C=O) groups excluding carboxylic acids is 2. The molecule has 6 atom stereocenters. The second-order valence-electron chi connectivity index (χ2n) is 19.1. The lowest BCUT2D eigenvalue weighted by Gasteiger charge is -2.33. The lowest BCUT2D eigenvalue weighted by atomic mass is 9.82. The molecule has 0 spiro atoms. The van der Waals surface area contributed by atoms with Crippen LogP contribution >= 0.6 is 0 Å². The van der Waals surface area contributed by atoms with Gasteiger partial charge in [0.1, 0.15) is 23.7 Å². The highest BCUT2D eigenvalue weighted by molar-refractivity contribution is 5.92. The van der Waals surface area contributed by atoms with Gasteiger partial charge in [-0.2, -0.15) is 0 Å². The largest absolute Gasteiger partial charge is 0.489 e. The van der Waals surface area contributed by atoms with Gasteiger partial charge in [0.25, 0.3) is 0 Å². The molecule has 368 valence electrons. The Morgan fingerprint density at radius 2 is 0.903 bits per heavy atom. The Balaban J connectivity index is 0.000000178. The summed E-state index contributed by atoms with van der Waals surface area (Å²) in [7, 11) is 2.88. The van der Waals surface area contributed by atoms with E-state index < -0.39 is 0 Å². The van der Waals surface area contributed by atoms with Gasteiger partial charge in [-0.25, -0.2) is 9.59 Å². The van der Waals surface area contributed by atoms with E-state index in [4.69, 9.17) is 18.9 Å². The molecule has 2 heterocycles. The zero-order valence-corrected chi connectivity index (χ0v) is 42.3. The van der Waals surface area contributed by atoms with E-state index in [2.05, 4.69) is 172 Å². The van der Waals surface area contributed by atoms with Gasteiger partial charge in [0.2, 0.25) is 0 Å². The van der Waals surface area contributed by atoms with Gasteiger partial charge in [-0.1, -0.05) is 159 Å². The van der Waals surface area contributed by atoms with Gasteiger partial charge in [-0.15, -0.1) is 0 Å². The van der Waals surface area contributed by atoms with Gasteiger partial charge >= 0.3 is 11.9 Å². The summed E-state index contributed by atoms with van der Waals surface area (Å²) in [6.45, 7) is 10.00. The minimum absolute atomic E-state index is 0.00903. The van der Waals surface area contributed by atoms with Crippen molar-refractivity contribution in [3.8, 4) is 11.5 Å². The Hall–Kier alpha value is -7.26. The average Bonchev–Trinajstić information content (AvgIpc) is 3.44. The minimum atomic E-state index is -0.281. The minimum Gasteiger partial charge on any atom is -0.489 e. The highest BCUT2D eigenvalue weighted by Gasteiger charge is 2.32. The highest BCUT2D eigenvalue weighted by atomic mass is 16.5. The number of para-hydroxylation sites is 2.